The lowest BCUT2D eigenvalue weighted by atomic mass is 10.1. The monoisotopic (exact) mass is 153 g/mol. The number of aliphatic imine (C=N–C) groups is 2. The van der Waals surface area contributed by atoms with E-state index in [0.29, 0.717) is 11.7 Å². The van der Waals surface area contributed by atoms with Gasteiger partial charge in [0.05, 0.1) is 6.20 Å². The Labute approximate surface area is 67.7 Å². The van der Waals surface area contributed by atoms with Crippen molar-refractivity contribution in [2.45, 2.75) is 20.8 Å². The van der Waals surface area contributed by atoms with Crippen molar-refractivity contribution in [2.75, 3.05) is 0 Å². The van der Waals surface area contributed by atoms with Gasteiger partial charge in [-0.15, -0.1) is 0 Å². The molecule has 0 unspecified atom stereocenters. The summed E-state index contributed by atoms with van der Waals surface area (Å²) in [5, 5.41) is 0. The smallest absolute Gasteiger partial charge is 0.141 e. The fourth-order valence-electron chi connectivity index (χ4n) is 0.358. The van der Waals surface area contributed by atoms with Gasteiger partial charge in [-0.05, 0) is 19.6 Å². The van der Waals surface area contributed by atoms with Gasteiger partial charge in [-0.3, -0.25) is 4.99 Å². The summed E-state index contributed by atoms with van der Waals surface area (Å²) in [4.78, 5) is 7.59. The Morgan fingerprint density at radius 2 is 2.09 bits per heavy atom. The van der Waals surface area contributed by atoms with Gasteiger partial charge in [-0.1, -0.05) is 13.8 Å². The second-order valence-corrected chi connectivity index (χ2v) is 2.64. The Hall–Kier alpha value is -1.12. The molecule has 0 spiro atoms. The van der Waals surface area contributed by atoms with Crippen LogP contribution in [0.25, 0.3) is 0 Å². The fraction of sp³-hybridized carbons (Fsp3) is 0.500. The minimum absolute atomic E-state index is 0.352. The predicted molar refractivity (Wildman–Crippen MR) is 49.8 cm³/mol. The van der Waals surface area contributed by atoms with Gasteiger partial charge >= 0.3 is 0 Å². The van der Waals surface area contributed by atoms with Crippen LogP contribution >= 0.6 is 0 Å². The highest BCUT2D eigenvalue weighted by Crippen LogP contribution is 1.97. The van der Waals surface area contributed by atoms with Gasteiger partial charge < -0.3 is 5.73 Å². The molecule has 0 aliphatic heterocycles. The average molecular weight is 153 g/mol. The zero-order chi connectivity index (χ0) is 8.85. The molecule has 3 nitrogen and oxygen atoms in total. The minimum Gasteiger partial charge on any atom is -0.382 e. The zero-order valence-corrected chi connectivity index (χ0v) is 7.33. The lowest BCUT2D eigenvalue weighted by Crippen LogP contribution is -2.01. The number of hydrogen-bond acceptors (Lipinski definition) is 3. The minimum atomic E-state index is 0.352. The van der Waals surface area contributed by atoms with Crippen LogP contribution in [0.4, 0.5) is 0 Å². The summed E-state index contributed by atoms with van der Waals surface area (Å²) in [5.41, 5.74) is 6.38. The Kier molecular flexibility index (Phi) is 4.18. The van der Waals surface area contributed by atoms with Crippen molar-refractivity contribution in [1.29, 1.82) is 0 Å². The third kappa shape index (κ3) is 4.31. The Morgan fingerprint density at radius 3 is 2.45 bits per heavy atom. The van der Waals surface area contributed by atoms with Crippen LogP contribution in [-0.2, 0) is 0 Å². The normalized spacial score (nSPS) is 13.8. The van der Waals surface area contributed by atoms with Gasteiger partial charge in [-0.2, -0.15) is 0 Å². The van der Waals surface area contributed by atoms with Gasteiger partial charge in [0, 0.05) is 5.71 Å². The van der Waals surface area contributed by atoms with Crippen LogP contribution in [0.3, 0.4) is 0 Å². The number of hydrogen-bond donors (Lipinski definition) is 1. The van der Waals surface area contributed by atoms with Crippen molar-refractivity contribution in [2.24, 2.45) is 21.6 Å². The predicted octanol–water partition coefficient (Wildman–Crippen LogP) is 1.56. The van der Waals surface area contributed by atoms with Crippen molar-refractivity contribution in [3.8, 4) is 0 Å². The molecule has 0 fully saturated rings. The van der Waals surface area contributed by atoms with E-state index in [0.717, 1.165) is 5.71 Å². The van der Waals surface area contributed by atoms with Crippen LogP contribution in [0.2, 0.25) is 0 Å². The van der Waals surface area contributed by atoms with E-state index in [4.69, 9.17) is 5.73 Å². The molecule has 0 bridgehead atoms. The van der Waals surface area contributed by atoms with E-state index in [1.807, 2.05) is 6.92 Å². The maximum Gasteiger partial charge on any atom is 0.141 e. The molecule has 3 heteroatoms. The van der Waals surface area contributed by atoms with Crippen molar-refractivity contribution >= 4 is 12.4 Å². The summed E-state index contributed by atoms with van der Waals surface area (Å²) in [6, 6.07) is 0. The molecule has 0 aromatic rings. The third-order valence-corrected chi connectivity index (χ3v) is 1.42. The van der Waals surface area contributed by atoms with Gasteiger partial charge in [0.25, 0.3) is 0 Å². The van der Waals surface area contributed by atoms with Gasteiger partial charge in [-0.25, -0.2) is 4.99 Å². The quantitative estimate of drug-likeness (QED) is 0.614. The molecule has 0 rings (SSSR count). The first-order valence-electron chi connectivity index (χ1n) is 3.54. The number of nitrogens with two attached hydrogens (primary N) is 1. The van der Waals surface area contributed by atoms with Crippen molar-refractivity contribution in [3.05, 3.63) is 12.0 Å². The summed E-state index contributed by atoms with van der Waals surface area (Å²) in [7, 11) is 0. The lowest BCUT2D eigenvalue weighted by molar-refractivity contribution is 0.877. The molecule has 0 aliphatic carbocycles. The maximum atomic E-state index is 5.35. The summed E-state index contributed by atoms with van der Waals surface area (Å²) in [6.45, 7) is 9.37. The number of nitrogens with zero attached hydrogens (tertiary/aromatic N) is 2. The molecule has 0 heterocycles. The summed E-state index contributed by atoms with van der Waals surface area (Å²) >= 11 is 0. The second-order valence-electron chi connectivity index (χ2n) is 2.64. The maximum absolute atomic E-state index is 5.35. The van der Waals surface area contributed by atoms with Crippen molar-refractivity contribution in [3.63, 3.8) is 0 Å². The van der Waals surface area contributed by atoms with Crippen LogP contribution in [0.15, 0.2) is 22.0 Å². The summed E-state index contributed by atoms with van der Waals surface area (Å²) in [5.74, 6) is 0.800. The Balaban J connectivity index is 4.22. The molecule has 0 amide bonds. The first-order chi connectivity index (χ1) is 5.07. The average Bonchev–Trinajstić information content (AvgIpc) is 1.99. The van der Waals surface area contributed by atoms with Crippen LogP contribution in [0, 0.1) is 5.92 Å². The summed E-state index contributed by atoms with van der Waals surface area (Å²) in [6.07, 6.45) is 1.52. The molecule has 0 aromatic carbocycles. The fourth-order valence-corrected chi connectivity index (χ4v) is 0.358. The molecule has 0 saturated carbocycles. The molecule has 2 N–H and O–H groups in total. The highest BCUT2D eigenvalue weighted by Gasteiger charge is 1.94. The van der Waals surface area contributed by atoms with Crippen LogP contribution in [0.5, 0.6) is 0 Å². The first-order valence-corrected chi connectivity index (χ1v) is 3.54. The van der Waals surface area contributed by atoms with E-state index in [1.54, 1.807) is 0 Å². The van der Waals surface area contributed by atoms with E-state index >= 15 is 0 Å². The van der Waals surface area contributed by atoms with E-state index in [9.17, 15) is 0 Å². The Bertz CT molecular complexity index is 190. The molecule has 0 aromatic heterocycles. The largest absolute Gasteiger partial charge is 0.382 e. The van der Waals surface area contributed by atoms with E-state index < -0.39 is 0 Å². The topological polar surface area (TPSA) is 50.7 Å². The molecule has 0 saturated heterocycles. The molecule has 11 heavy (non-hydrogen) atoms. The summed E-state index contributed by atoms with van der Waals surface area (Å²) < 4.78 is 0. The highest BCUT2D eigenvalue weighted by atomic mass is 14.9. The first kappa shape index (κ1) is 9.88. The highest BCUT2D eigenvalue weighted by molar-refractivity contribution is 5.84. The van der Waals surface area contributed by atoms with Gasteiger partial charge in [0.2, 0.25) is 0 Å². The molecular weight excluding hydrogens is 138 g/mol. The van der Waals surface area contributed by atoms with Gasteiger partial charge in [0.1, 0.15) is 5.82 Å². The van der Waals surface area contributed by atoms with Gasteiger partial charge in [0.15, 0.2) is 0 Å². The van der Waals surface area contributed by atoms with Crippen LogP contribution < -0.4 is 5.73 Å². The Morgan fingerprint density at radius 1 is 1.55 bits per heavy atom. The van der Waals surface area contributed by atoms with Crippen molar-refractivity contribution in [1.82, 2.24) is 0 Å². The molecule has 0 atom stereocenters. The SMILES string of the molecule is C=N/C(N)=C\N=C(/C)C(C)C. The lowest BCUT2D eigenvalue weighted by Gasteiger charge is -2.00. The molecular formula is C8H15N3. The second kappa shape index (κ2) is 4.66. The molecule has 0 radical (unpaired) electrons. The standard InChI is InChI=1S/C8H15N3/c1-6(2)7(3)11-5-8(9)10-4/h5-6H,4,9H2,1-3H3/b8-5-,11-7+. The van der Waals surface area contributed by atoms with Crippen LogP contribution in [-0.4, -0.2) is 12.4 Å². The van der Waals surface area contributed by atoms with E-state index in [-0.39, 0.29) is 0 Å². The third-order valence-electron chi connectivity index (χ3n) is 1.42. The zero-order valence-electron chi connectivity index (χ0n) is 7.33. The van der Waals surface area contributed by atoms with E-state index in [2.05, 4.69) is 30.5 Å². The van der Waals surface area contributed by atoms with Crippen LogP contribution in [0.1, 0.15) is 20.8 Å². The molecule has 0 aliphatic rings. The number of rotatable bonds is 3. The molecule has 62 valence electrons. The van der Waals surface area contributed by atoms with Crippen molar-refractivity contribution < 1.29 is 0 Å². The van der Waals surface area contributed by atoms with E-state index in [1.165, 1.54) is 6.20 Å².